The van der Waals surface area contributed by atoms with E-state index in [-0.39, 0.29) is 11.3 Å². The highest BCUT2D eigenvalue weighted by molar-refractivity contribution is 9.10. The second-order valence-electron chi connectivity index (χ2n) is 7.43. The molecule has 1 amide bonds. The van der Waals surface area contributed by atoms with Crippen LogP contribution >= 0.6 is 15.9 Å². The molecule has 2 heterocycles. The molecule has 8 heteroatoms. The fraction of sp³-hybridized carbons (Fsp3) is 0.208. The number of likely N-dealkylation sites (tertiary alicyclic amines) is 1. The van der Waals surface area contributed by atoms with E-state index in [9.17, 15) is 14.7 Å². The van der Waals surface area contributed by atoms with Crippen LogP contribution in [0, 0.1) is 0 Å². The second-order valence-corrected chi connectivity index (χ2v) is 8.35. The maximum atomic E-state index is 13.1. The van der Waals surface area contributed by atoms with Gasteiger partial charge in [0, 0.05) is 35.5 Å². The molecule has 164 valence electrons. The molecule has 0 bridgehead atoms. The number of carbonyl (C=O) groups excluding carboxylic acids is 2. The number of aryl methyl sites for hydroxylation is 1. The molecule has 1 fully saturated rings. The molecule has 1 aliphatic heterocycles. The number of amides is 1. The zero-order valence-electron chi connectivity index (χ0n) is 17.4. The number of methoxy groups -OCH3 is 1. The first-order valence-electron chi connectivity index (χ1n) is 10.1. The van der Waals surface area contributed by atoms with Gasteiger partial charge in [0.1, 0.15) is 11.5 Å². The Morgan fingerprint density at radius 3 is 2.62 bits per heavy atom. The number of aliphatic hydroxyl groups is 1. The van der Waals surface area contributed by atoms with Crippen molar-refractivity contribution in [1.82, 2.24) is 14.5 Å². The van der Waals surface area contributed by atoms with Crippen LogP contribution in [-0.2, 0) is 16.1 Å². The molecule has 3 aromatic rings. The average Bonchev–Trinajstić information content (AvgIpc) is 3.41. The van der Waals surface area contributed by atoms with Crippen LogP contribution < -0.4 is 4.74 Å². The predicted octanol–water partition coefficient (Wildman–Crippen LogP) is 4.17. The summed E-state index contributed by atoms with van der Waals surface area (Å²) in [7, 11) is 1.56. The van der Waals surface area contributed by atoms with E-state index in [1.165, 1.54) is 4.90 Å². The molecule has 1 N–H and O–H groups in total. The Morgan fingerprint density at radius 1 is 1.16 bits per heavy atom. The number of rotatable bonds is 7. The monoisotopic (exact) mass is 495 g/mol. The Kier molecular flexibility index (Phi) is 6.41. The maximum Gasteiger partial charge on any atom is 0.295 e. The third-order valence-electron chi connectivity index (χ3n) is 5.44. The van der Waals surface area contributed by atoms with Crippen LogP contribution in [-0.4, -0.2) is 44.9 Å². The van der Waals surface area contributed by atoms with Gasteiger partial charge in [-0.3, -0.25) is 9.59 Å². The highest BCUT2D eigenvalue weighted by Crippen LogP contribution is 2.40. The first-order chi connectivity index (χ1) is 15.5. The van der Waals surface area contributed by atoms with E-state index in [1.807, 2.05) is 16.8 Å². The lowest BCUT2D eigenvalue weighted by Gasteiger charge is -2.25. The van der Waals surface area contributed by atoms with Gasteiger partial charge in [-0.25, -0.2) is 4.98 Å². The van der Waals surface area contributed by atoms with Crippen molar-refractivity contribution in [1.29, 1.82) is 0 Å². The Bertz CT molecular complexity index is 1160. The summed E-state index contributed by atoms with van der Waals surface area (Å²) in [6.45, 7) is 1.00. The van der Waals surface area contributed by atoms with Crippen molar-refractivity contribution in [2.24, 2.45) is 0 Å². The largest absolute Gasteiger partial charge is 0.507 e. The molecule has 1 saturated heterocycles. The van der Waals surface area contributed by atoms with E-state index in [4.69, 9.17) is 4.74 Å². The highest BCUT2D eigenvalue weighted by atomic mass is 79.9. The van der Waals surface area contributed by atoms with E-state index >= 15 is 0 Å². The van der Waals surface area contributed by atoms with E-state index in [1.54, 1.807) is 62.1 Å². The summed E-state index contributed by atoms with van der Waals surface area (Å²) >= 11 is 3.37. The number of hydrogen-bond acceptors (Lipinski definition) is 5. The van der Waals surface area contributed by atoms with Gasteiger partial charge in [-0.1, -0.05) is 40.2 Å². The van der Waals surface area contributed by atoms with Crippen LogP contribution in [0.3, 0.4) is 0 Å². The van der Waals surface area contributed by atoms with Gasteiger partial charge in [0.15, 0.2) is 0 Å². The first-order valence-corrected chi connectivity index (χ1v) is 10.9. The lowest BCUT2D eigenvalue weighted by atomic mass is 9.95. The summed E-state index contributed by atoms with van der Waals surface area (Å²) in [5.41, 5.74) is 1.25. The van der Waals surface area contributed by atoms with Crippen molar-refractivity contribution in [3.63, 3.8) is 0 Å². The van der Waals surface area contributed by atoms with E-state index in [2.05, 4.69) is 20.9 Å². The van der Waals surface area contributed by atoms with Gasteiger partial charge in [0.2, 0.25) is 0 Å². The molecule has 1 aliphatic rings. The fourth-order valence-electron chi connectivity index (χ4n) is 3.87. The molecule has 32 heavy (non-hydrogen) atoms. The van der Waals surface area contributed by atoms with Crippen LogP contribution in [0.4, 0.5) is 0 Å². The van der Waals surface area contributed by atoms with Gasteiger partial charge in [0.25, 0.3) is 11.7 Å². The maximum absolute atomic E-state index is 13.1. The molecule has 4 rings (SSSR count). The number of halogens is 1. The van der Waals surface area contributed by atoms with Crippen molar-refractivity contribution in [3.8, 4) is 5.75 Å². The van der Waals surface area contributed by atoms with Crippen molar-refractivity contribution in [2.45, 2.75) is 19.0 Å². The molecular weight excluding hydrogens is 474 g/mol. The number of carbonyl (C=O) groups is 2. The summed E-state index contributed by atoms with van der Waals surface area (Å²) in [5.74, 6) is -0.904. The molecule has 0 radical (unpaired) electrons. The predicted molar refractivity (Wildman–Crippen MR) is 123 cm³/mol. The number of Topliss-reactive ketones (excluding diaryl/α,β-unsaturated/α-hetero) is 1. The van der Waals surface area contributed by atoms with Crippen LogP contribution in [0.5, 0.6) is 5.75 Å². The zero-order chi connectivity index (χ0) is 22.7. The normalized spacial score (nSPS) is 17.7. The number of aliphatic hydroxyl groups excluding tert-OH is 1. The number of aromatic nitrogens is 2. The summed E-state index contributed by atoms with van der Waals surface area (Å²) < 4.78 is 8.11. The van der Waals surface area contributed by atoms with Gasteiger partial charge in [-0.15, -0.1) is 0 Å². The molecular formula is C24H22BrN3O4. The van der Waals surface area contributed by atoms with Crippen LogP contribution in [0.2, 0.25) is 0 Å². The number of nitrogens with zero attached hydrogens (tertiary/aromatic N) is 3. The minimum Gasteiger partial charge on any atom is -0.507 e. The number of ether oxygens (including phenoxy) is 1. The Labute approximate surface area is 194 Å². The SMILES string of the molecule is COc1cccc([C@@H]2C(=C(O)c3ccc(Br)cc3)C(=O)C(=O)N2CCCn2ccnc2)c1. The van der Waals surface area contributed by atoms with E-state index in [0.29, 0.717) is 36.4 Å². The zero-order valence-corrected chi connectivity index (χ0v) is 19.0. The molecule has 1 aromatic heterocycles. The van der Waals surface area contributed by atoms with Gasteiger partial charge < -0.3 is 19.3 Å². The Hall–Kier alpha value is -3.39. The van der Waals surface area contributed by atoms with Crippen molar-refractivity contribution in [3.05, 3.63) is 88.4 Å². The van der Waals surface area contributed by atoms with E-state index < -0.39 is 17.7 Å². The Balaban J connectivity index is 1.74. The number of benzene rings is 2. The standard InChI is InChI=1S/C24H22BrN3O4/c1-32-19-5-2-4-17(14-19)21-20(22(29)16-6-8-18(25)9-7-16)23(30)24(31)28(21)12-3-11-27-13-10-26-15-27/h2,4-10,13-15,21,29H,3,11-12H2,1H3/t21-/m1/s1. The molecule has 0 spiro atoms. The van der Waals surface area contributed by atoms with Crippen LogP contribution in [0.1, 0.15) is 23.6 Å². The van der Waals surface area contributed by atoms with Crippen LogP contribution in [0.15, 0.2) is 77.3 Å². The van der Waals surface area contributed by atoms with Crippen molar-refractivity contribution < 1.29 is 19.4 Å². The van der Waals surface area contributed by atoms with Gasteiger partial charge in [-0.05, 0) is 36.2 Å². The van der Waals surface area contributed by atoms with E-state index in [0.717, 1.165) is 4.47 Å². The third-order valence-corrected chi connectivity index (χ3v) is 5.97. The smallest absolute Gasteiger partial charge is 0.295 e. The van der Waals surface area contributed by atoms with Gasteiger partial charge in [-0.2, -0.15) is 0 Å². The third kappa shape index (κ3) is 4.31. The fourth-order valence-corrected chi connectivity index (χ4v) is 4.14. The topological polar surface area (TPSA) is 84.7 Å². The number of ketones is 1. The quantitative estimate of drug-likeness (QED) is 0.302. The minimum absolute atomic E-state index is 0.0770. The molecule has 0 unspecified atom stereocenters. The molecule has 1 atom stereocenters. The summed E-state index contributed by atoms with van der Waals surface area (Å²) in [6, 6.07) is 13.5. The molecule has 0 saturated carbocycles. The van der Waals surface area contributed by atoms with Gasteiger partial charge in [0.05, 0.1) is 25.1 Å². The lowest BCUT2D eigenvalue weighted by Crippen LogP contribution is -2.31. The summed E-state index contributed by atoms with van der Waals surface area (Å²) in [5, 5.41) is 11.1. The van der Waals surface area contributed by atoms with Crippen molar-refractivity contribution >= 4 is 33.4 Å². The minimum atomic E-state index is -0.712. The number of hydrogen-bond donors (Lipinski definition) is 1. The van der Waals surface area contributed by atoms with Crippen LogP contribution in [0.25, 0.3) is 5.76 Å². The highest BCUT2D eigenvalue weighted by Gasteiger charge is 2.45. The Morgan fingerprint density at radius 2 is 1.94 bits per heavy atom. The average molecular weight is 496 g/mol. The molecule has 2 aromatic carbocycles. The number of imidazole rings is 1. The molecule has 7 nitrogen and oxygen atoms in total. The molecule has 0 aliphatic carbocycles. The second kappa shape index (κ2) is 9.40. The summed E-state index contributed by atoms with van der Waals surface area (Å²) in [4.78, 5) is 31.6. The first kappa shape index (κ1) is 21.8. The summed E-state index contributed by atoms with van der Waals surface area (Å²) in [6.07, 6.45) is 5.88. The van der Waals surface area contributed by atoms with Crippen molar-refractivity contribution in [2.75, 3.05) is 13.7 Å². The lowest BCUT2D eigenvalue weighted by molar-refractivity contribution is -0.139. The van der Waals surface area contributed by atoms with Gasteiger partial charge >= 0.3 is 0 Å².